The van der Waals surface area contributed by atoms with E-state index in [0.29, 0.717) is 54.8 Å². The van der Waals surface area contributed by atoms with Crippen LogP contribution in [0.5, 0.6) is 5.75 Å². The van der Waals surface area contributed by atoms with E-state index in [0.717, 1.165) is 30.2 Å². The van der Waals surface area contributed by atoms with Crippen molar-refractivity contribution in [1.82, 2.24) is 15.1 Å². The van der Waals surface area contributed by atoms with Crippen LogP contribution in [0.25, 0.3) is 11.1 Å². The minimum atomic E-state index is -0.503. The zero-order valence-corrected chi connectivity index (χ0v) is 35.3. The molecule has 2 aliphatic rings. The number of para-hydroxylation sites is 1. The van der Waals surface area contributed by atoms with Crippen LogP contribution in [-0.2, 0) is 17.8 Å². The third-order valence-corrected chi connectivity index (χ3v) is 11.6. The second-order valence-electron chi connectivity index (χ2n) is 16.3. The van der Waals surface area contributed by atoms with Gasteiger partial charge in [0.1, 0.15) is 5.75 Å². The Morgan fingerprint density at radius 1 is 1.05 bits per heavy atom. The Kier molecular flexibility index (Phi) is 18.0. The van der Waals surface area contributed by atoms with E-state index in [1.807, 2.05) is 68.1 Å². The largest absolute Gasteiger partial charge is 0.496 e. The number of methoxy groups -OCH3 is 1. The van der Waals surface area contributed by atoms with E-state index in [2.05, 4.69) is 45.1 Å². The van der Waals surface area contributed by atoms with Gasteiger partial charge in [0.2, 0.25) is 5.91 Å². The van der Waals surface area contributed by atoms with Crippen molar-refractivity contribution in [2.45, 2.75) is 111 Å². The Hall–Kier alpha value is -4.32. The predicted octanol–water partition coefficient (Wildman–Crippen LogP) is 7.84. The van der Waals surface area contributed by atoms with E-state index in [9.17, 15) is 19.7 Å². The van der Waals surface area contributed by atoms with Gasteiger partial charge in [0, 0.05) is 60.5 Å². The molecule has 1 aliphatic carbocycles. The number of non-ortho nitro benzene ring substituents is 1. The lowest BCUT2D eigenvalue weighted by atomic mass is 9.65. The highest BCUT2D eigenvalue weighted by Gasteiger charge is 2.33. The number of primary amides is 1. The topological polar surface area (TPSA) is 157 Å². The van der Waals surface area contributed by atoms with Crippen molar-refractivity contribution in [2.24, 2.45) is 28.7 Å². The van der Waals surface area contributed by atoms with Gasteiger partial charge in [-0.25, -0.2) is 0 Å². The second kappa shape index (κ2) is 21.8. The fraction of sp³-hybridized carbons (Fsp3) is 0.556. The summed E-state index contributed by atoms with van der Waals surface area (Å²) in [4.78, 5) is 41.2. The number of nitro benzene ring substituents is 1. The molecule has 1 aliphatic heterocycles. The molecule has 2 fully saturated rings. The molecule has 3 unspecified atom stereocenters. The van der Waals surface area contributed by atoms with Crippen LogP contribution in [0.2, 0.25) is 0 Å². The molecule has 11 nitrogen and oxygen atoms in total. The maximum Gasteiger partial charge on any atom is 0.270 e. The fourth-order valence-electron chi connectivity index (χ4n) is 7.96. The molecule has 5 rings (SSSR count). The first kappa shape index (κ1) is 46.1. The number of likely N-dealkylation sites (N-methyl/N-ethyl adjacent to an activating group) is 1. The van der Waals surface area contributed by atoms with Gasteiger partial charge in [-0.05, 0) is 80.6 Å². The van der Waals surface area contributed by atoms with E-state index in [1.165, 1.54) is 44.1 Å². The first-order valence-corrected chi connectivity index (χ1v) is 20.3. The number of nitrogens with one attached hydrogen (secondary N) is 1. The number of nitro groups is 1. The molecule has 5 atom stereocenters. The van der Waals surface area contributed by atoms with Crippen LogP contribution in [-0.4, -0.2) is 79.0 Å². The van der Waals surface area contributed by atoms with Gasteiger partial charge in [0.15, 0.2) is 0 Å². The highest BCUT2D eigenvalue weighted by atomic mass is 16.6. The molecule has 11 heteroatoms. The van der Waals surface area contributed by atoms with Crippen molar-refractivity contribution in [1.29, 1.82) is 0 Å². The van der Waals surface area contributed by atoms with Gasteiger partial charge >= 0.3 is 0 Å². The monoisotopic (exact) mass is 773 g/mol. The van der Waals surface area contributed by atoms with E-state index in [4.69, 9.17) is 16.2 Å². The van der Waals surface area contributed by atoms with E-state index in [1.54, 1.807) is 12.1 Å². The number of nitrogens with two attached hydrogens (primary N) is 2. The number of carbonyl (C=O) groups is 2. The number of ether oxygens (including phenoxy) is 1. The van der Waals surface area contributed by atoms with Gasteiger partial charge in [0.25, 0.3) is 11.6 Å². The molecule has 1 saturated heterocycles. The Morgan fingerprint density at radius 3 is 2.34 bits per heavy atom. The third kappa shape index (κ3) is 13.1. The molecule has 1 heterocycles. The summed E-state index contributed by atoms with van der Waals surface area (Å²) in [7, 11) is 5.41. The molecule has 56 heavy (non-hydrogen) atoms. The summed E-state index contributed by atoms with van der Waals surface area (Å²) in [5.74, 6) is 1.55. The van der Waals surface area contributed by atoms with Crippen LogP contribution in [0.1, 0.15) is 102 Å². The number of carbonyl (C=O) groups excluding carboxylic acids is 2. The van der Waals surface area contributed by atoms with E-state index in [-0.39, 0.29) is 29.2 Å². The number of amides is 2. The number of rotatable bonds is 13. The number of likely N-dealkylation sites (tertiary alicyclic amines) is 1. The summed E-state index contributed by atoms with van der Waals surface area (Å²) in [5, 5.41) is 15.1. The second-order valence-corrected chi connectivity index (χ2v) is 16.3. The highest BCUT2D eigenvalue weighted by molar-refractivity contribution is 5.97. The standard InChI is InChI=1S/C33H42N6O5.C10H20.C2H6/c1-37(2)21-27(13-12-22-8-5-4-6-9-22)36-33(41)25-16-24(17-28(18-25)39(42)43)29-11-7-10-23(31(29)44-3)20-38-15-14-26(34)19-30(38)32(35)40;1-8-6-5-7-10(3,4)9(8)2;1-2/h4-11,16-18,26-27,30H,12-15,19-21,34H2,1-3H3,(H2,35,40)(H,36,41);8-9H,5-7H2,1-4H3;1-2H3/t26?,27-,30?;8?,9-;/m00./s1. The molecule has 0 aromatic heterocycles. The normalized spacial score (nSPS) is 21.1. The minimum Gasteiger partial charge on any atom is -0.496 e. The van der Waals surface area contributed by atoms with Crippen LogP contribution >= 0.6 is 0 Å². The van der Waals surface area contributed by atoms with Crippen LogP contribution in [0.4, 0.5) is 5.69 Å². The quantitative estimate of drug-likeness (QED) is 0.117. The lowest BCUT2D eigenvalue weighted by molar-refractivity contribution is -0.384. The number of piperidine rings is 1. The molecular formula is C45H68N6O5. The maximum atomic E-state index is 13.6. The molecule has 5 N–H and O–H groups in total. The van der Waals surface area contributed by atoms with E-state index >= 15 is 0 Å². The molecule has 0 spiro atoms. The van der Waals surface area contributed by atoms with Crippen molar-refractivity contribution in [3.63, 3.8) is 0 Å². The number of hydrogen-bond donors (Lipinski definition) is 3. The van der Waals surface area contributed by atoms with Gasteiger partial charge in [-0.2, -0.15) is 0 Å². The van der Waals surface area contributed by atoms with Crippen LogP contribution in [0, 0.1) is 27.4 Å². The number of hydrogen-bond acceptors (Lipinski definition) is 8. The summed E-state index contributed by atoms with van der Waals surface area (Å²) in [5.41, 5.74) is 15.4. The van der Waals surface area contributed by atoms with Crippen molar-refractivity contribution < 1.29 is 19.2 Å². The van der Waals surface area contributed by atoms with E-state index < -0.39 is 16.9 Å². The van der Waals surface area contributed by atoms with Crippen molar-refractivity contribution in [3.8, 4) is 16.9 Å². The molecule has 3 aromatic carbocycles. The van der Waals surface area contributed by atoms with Gasteiger partial charge in [-0.1, -0.05) is 103 Å². The van der Waals surface area contributed by atoms with Crippen molar-refractivity contribution in [3.05, 3.63) is 93.5 Å². The molecule has 308 valence electrons. The van der Waals surface area contributed by atoms with Gasteiger partial charge < -0.3 is 26.4 Å². The smallest absolute Gasteiger partial charge is 0.270 e. The van der Waals surface area contributed by atoms with Gasteiger partial charge in [0.05, 0.1) is 18.1 Å². The Morgan fingerprint density at radius 2 is 1.75 bits per heavy atom. The van der Waals surface area contributed by atoms with Crippen LogP contribution in [0.15, 0.2) is 66.7 Å². The first-order valence-electron chi connectivity index (χ1n) is 20.3. The Labute approximate surface area is 335 Å². The molecule has 0 radical (unpaired) electrons. The molecule has 0 bridgehead atoms. The highest BCUT2D eigenvalue weighted by Crippen LogP contribution is 2.43. The third-order valence-electron chi connectivity index (χ3n) is 11.6. The Balaban J connectivity index is 0.000000602. The van der Waals surface area contributed by atoms with Crippen molar-refractivity contribution in [2.75, 3.05) is 34.3 Å². The number of aryl methyl sites for hydroxylation is 1. The summed E-state index contributed by atoms with van der Waals surface area (Å²) in [6, 6.07) is 19.2. The zero-order chi connectivity index (χ0) is 41.6. The van der Waals surface area contributed by atoms with Gasteiger partial charge in [-0.15, -0.1) is 0 Å². The average molecular weight is 773 g/mol. The average Bonchev–Trinajstić information content (AvgIpc) is 3.17. The summed E-state index contributed by atoms with van der Waals surface area (Å²) in [6.07, 6.45) is 7.01. The molecule has 1 saturated carbocycles. The van der Waals surface area contributed by atoms with Crippen molar-refractivity contribution >= 4 is 17.5 Å². The van der Waals surface area contributed by atoms with Gasteiger partial charge in [-0.3, -0.25) is 24.6 Å². The number of benzene rings is 3. The number of nitrogens with zero attached hydrogens (tertiary/aromatic N) is 3. The Bertz CT molecular complexity index is 1710. The predicted molar refractivity (Wildman–Crippen MR) is 228 cm³/mol. The summed E-state index contributed by atoms with van der Waals surface area (Å²) >= 11 is 0. The molecule has 2 amide bonds. The molecular weight excluding hydrogens is 705 g/mol. The van der Waals surface area contributed by atoms with Crippen LogP contribution in [0.3, 0.4) is 0 Å². The maximum absolute atomic E-state index is 13.6. The minimum absolute atomic E-state index is 0.0953. The summed E-state index contributed by atoms with van der Waals surface area (Å²) < 4.78 is 5.83. The first-order chi connectivity index (χ1) is 26.6. The zero-order valence-electron chi connectivity index (χ0n) is 35.3. The fourth-order valence-corrected chi connectivity index (χ4v) is 7.96. The van der Waals surface area contributed by atoms with Crippen LogP contribution < -0.4 is 21.5 Å². The lowest BCUT2D eigenvalue weighted by Crippen LogP contribution is -2.52. The molecule has 3 aromatic rings. The lowest BCUT2D eigenvalue weighted by Gasteiger charge is -2.40. The summed E-state index contributed by atoms with van der Waals surface area (Å²) in [6.45, 7) is 15.2. The SMILES string of the molecule is CC.CC1CCCC(C)(C)[C@H]1C.COc1c(CN2CCC(N)CC2C(N)=O)cccc1-c1cc(C(=O)N[C@@H](CCc2ccccc2)CN(C)C)cc([N+](=O)[O-])c1.